The monoisotopic (exact) mass is 446 g/mol. The molecule has 4 aliphatic rings. The first-order valence-electron chi connectivity index (χ1n) is 9.95. The van der Waals surface area contributed by atoms with Gasteiger partial charge in [0.1, 0.15) is 5.76 Å². The molecule has 2 amide bonds. The van der Waals surface area contributed by atoms with E-state index in [-0.39, 0.29) is 64.5 Å². The molecule has 2 aromatic rings. The molecule has 3 fully saturated rings. The van der Waals surface area contributed by atoms with Gasteiger partial charge in [-0.1, -0.05) is 11.3 Å². The van der Waals surface area contributed by atoms with E-state index in [1.807, 2.05) is 12.1 Å². The van der Waals surface area contributed by atoms with E-state index in [2.05, 4.69) is 4.98 Å². The summed E-state index contributed by atoms with van der Waals surface area (Å²) in [6, 6.07) is 3.74. The Morgan fingerprint density at radius 3 is 2.70 bits per heavy atom. The number of carboxylic acid groups (broad SMARTS) is 1. The normalized spacial score (nSPS) is 36.1. The number of nitrogens with one attached hydrogen (secondary N) is 1. The minimum Gasteiger partial charge on any atom is -0.481 e. The van der Waals surface area contributed by atoms with Gasteiger partial charge in [0.05, 0.1) is 40.3 Å². The van der Waals surface area contributed by atoms with Gasteiger partial charge >= 0.3 is 10.8 Å². The molecule has 0 radical (unpaired) electrons. The van der Waals surface area contributed by atoms with Crippen LogP contribution in [0.5, 0.6) is 0 Å². The zero-order valence-corrected chi connectivity index (χ0v) is 17.3. The Kier molecular flexibility index (Phi) is 3.89. The number of thiazole rings is 1. The lowest BCUT2D eigenvalue weighted by Crippen LogP contribution is -2.42. The molecule has 2 saturated carbocycles. The number of likely N-dealkylation sites (tertiary alicyclic amines) is 1. The second-order valence-electron chi connectivity index (χ2n) is 8.45. The first-order chi connectivity index (χ1) is 14.5. The Morgan fingerprint density at radius 1 is 1.23 bits per heavy atom. The lowest BCUT2D eigenvalue weighted by Gasteiger charge is -2.42. The fraction of sp³-hybridized carbons (Fsp3) is 0.500. The summed E-state index contributed by atoms with van der Waals surface area (Å²) < 4.78 is 5.75. The summed E-state index contributed by atoms with van der Waals surface area (Å²) in [5, 5.41) is 9.94. The number of hydrogen-bond donors (Lipinski definition) is 2. The van der Waals surface area contributed by atoms with E-state index in [0.717, 1.165) is 22.1 Å². The molecule has 2 aliphatic heterocycles. The number of amides is 2. The number of carbonyl (C=O) groups is 3. The smallest absolute Gasteiger partial charge is 0.305 e. The molecule has 0 unspecified atom stereocenters. The highest BCUT2D eigenvalue weighted by Gasteiger charge is 2.69. The lowest BCUT2D eigenvalue weighted by atomic mass is 9.69. The van der Waals surface area contributed by atoms with Crippen LogP contribution in [0.4, 0.5) is 0 Å². The average Bonchev–Trinajstić information content (AvgIpc) is 3.48. The molecule has 8 nitrogen and oxygen atoms in total. The second-order valence-corrected chi connectivity index (χ2v) is 10.7. The third-order valence-electron chi connectivity index (χ3n) is 7.21. The van der Waals surface area contributed by atoms with Gasteiger partial charge in [0.2, 0.25) is 11.8 Å². The fourth-order valence-corrected chi connectivity index (χ4v) is 9.16. The molecular weight excluding hydrogens is 428 g/mol. The number of carbonyl (C=O) groups excluding carboxylic acids is 2. The summed E-state index contributed by atoms with van der Waals surface area (Å²) in [7, 11) is 0. The summed E-state index contributed by atoms with van der Waals surface area (Å²) >= 11 is 2.81. The van der Waals surface area contributed by atoms with Crippen molar-refractivity contribution in [3.63, 3.8) is 0 Å². The molecule has 156 valence electrons. The number of nitrogens with zero attached hydrogens (tertiary/aromatic N) is 1. The van der Waals surface area contributed by atoms with Gasteiger partial charge in [-0.15, -0.1) is 11.8 Å². The maximum absolute atomic E-state index is 13.1. The standard InChI is InChI=1S/C20H18N2O6S2/c23-10(24)3-4-22-18(25)12-7-6-8(13(12)19(22)26)15-11(7)14(9-2-1-5-28-9)16-17(29-15)21-20(27)30-16/h1-2,5,7-8,11-15H,3-4,6H2,(H,21,27)(H,23,24)/t7-,8-,11+,12-,13-,14-,15-/m1/s1. The molecule has 0 aromatic carbocycles. The van der Waals surface area contributed by atoms with Crippen LogP contribution in [0.15, 0.2) is 32.6 Å². The van der Waals surface area contributed by atoms with Crippen molar-refractivity contribution in [3.8, 4) is 0 Å². The molecule has 10 heteroatoms. The van der Waals surface area contributed by atoms with Crippen molar-refractivity contribution in [2.24, 2.45) is 29.6 Å². The molecule has 4 heterocycles. The molecule has 30 heavy (non-hydrogen) atoms. The molecular formula is C20H18N2O6S2. The van der Waals surface area contributed by atoms with Crippen molar-refractivity contribution in [3.05, 3.63) is 38.7 Å². The van der Waals surface area contributed by atoms with E-state index >= 15 is 0 Å². The largest absolute Gasteiger partial charge is 0.481 e. The first-order valence-corrected chi connectivity index (χ1v) is 11.7. The van der Waals surface area contributed by atoms with E-state index in [9.17, 15) is 19.2 Å². The van der Waals surface area contributed by atoms with Gasteiger partial charge in [-0.05, 0) is 36.3 Å². The maximum atomic E-state index is 13.1. The third-order valence-corrected chi connectivity index (χ3v) is 9.80. The number of aromatic nitrogens is 1. The van der Waals surface area contributed by atoms with E-state index in [4.69, 9.17) is 9.52 Å². The Bertz CT molecular complexity index is 1120. The molecule has 2 aromatic heterocycles. The molecule has 1 saturated heterocycles. The summed E-state index contributed by atoms with van der Waals surface area (Å²) in [5.74, 6) is -1.43. The number of rotatable bonds is 4. The van der Waals surface area contributed by atoms with Gasteiger partial charge in [-0.2, -0.15) is 0 Å². The van der Waals surface area contributed by atoms with E-state index in [1.165, 1.54) is 16.2 Å². The molecule has 2 N–H and O–H groups in total. The van der Waals surface area contributed by atoms with Gasteiger partial charge in [0.15, 0.2) is 0 Å². The summed E-state index contributed by atoms with van der Waals surface area (Å²) in [5.41, 5.74) is 0. The average molecular weight is 447 g/mol. The number of imide groups is 1. The highest BCUT2D eigenvalue weighted by Crippen LogP contribution is 2.68. The van der Waals surface area contributed by atoms with Crippen LogP contribution in [-0.2, 0) is 14.4 Å². The highest BCUT2D eigenvalue weighted by atomic mass is 32.2. The lowest BCUT2D eigenvalue weighted by molar-refractivity contribution is -0.142. The number of thioether (sulfide) groups is 1. The van der Waals surface area contributed by atoms with Crippen LogP contribution in [0, 0.1) is 29.6 Å². The van der Waals surface area contributed by atoms with Crippen LogP contribution < -0.4 is 4.87 Å². The number of aliphatic carboxylic acids is 1. The minimum absolute atomic E-state index is 0.0178. The SMILES string of the molecule is O=C(O)CCN1C(=O)[C@@H]2[C@H]3C[C@@H]([C@H]2C1=O)[C@H]1[C@@H](c2ccco2)c2sc(=O)[nH]c2S[C@H]31. The predicted molar refractivity (Wildman–Crippen MR) is 106 cm³/mol. The van der Waals surface area contributed by atoms with Crippen molar-refractivity contribution in [2.45, 2.75) is 29.0 Å². The zero-order valence-electron chi connectivity index (χ0n) is 15.6. The van der Waals surface area contributed by atoms with Crippen LogP contribution in [0.25, 0.3) is 0 Å². The van der Waals surface area contributed by atoms with Crippen molar-refractivity contribution in [1.82, 2.24) is 9.88 Å². The number of hydrogen-bond acceptors (Lipinski definition) is 7. The quantitative estimate of drug-likeness (QED) is 0.689. The first kappa shape index (κ1) is 18.4. The highest BCUT2D eigenvalue weighted by molar-refractivity contribution is 8.00. The number of H-pyrrole nitrogens is 1. The second kappa shape index (κ2) is 6.34. The maximum Gasteiger partial charge on any atom is 0.305 e. The fourth-order valence-electron chi connectivity index (χ4n) is 6.29. The topological polar surface area (TPSA) is 121 Å². The Hall–Kier alpha value is -2.33. The molecule has 7 atom stereocenters. The van der Waals surface area contributed by atoms with Crippen LogP contribution in [0.2, 0.25) is 0 Å². The Balaban J connectivity index is 1.40. The molecule has 2 bridgehead atoms. The van der Waals surface area contributed by atoms with Gasteiger partial charge in [-0.3, -0.25) is 24.1 Å². The number of aromatic amines is 1. The molecule has 0 spiro atoms. The van der Waals surface area contributed by atoms with Crippen molar-refractivity contribution < 1.29 is 23.9 Å². The molecule has 6 rings (SSSR count). The van der Waals surface area contributed by atoms with Crippen LogP contribution in [0.3, 0.4) is 0 Å². The number of furan rings is 1. The number of fused-ring (bicyclic) bond motifs is 9. The van der Waals surface area contributed by atoms with Crippen molar-refractivity contribution in [1.29, 1.82) is 0 Å². The Morgan fingerprint density at radius 2 is 2.00 bits per heavy atom. The van der Waals surface area contributed by atoms with Crippen LogP contribution >= 0.6 is 23.1 Å². The molecule has 2 aliphatic carbocycles. The predicted octanol–water partition coefficient (Wildman–Crippen LogP) is 1.98. The summed E-state index contributed by atoms with van der Waals surface area (Å²) in [6.45, 7) is -0.0653. The zero-order chi connectivity index (χ0) is 20.7. The van der Waals surface area contributed by atoms with Gasteiger partial charge in [-0.25, -0.2) is 0 Å². The van der Waals surface area contributed by atoms with Crippen LogP contribution in [0.1, 0.15) is 29.4 Å². The van der Waals surface area contributed by atoms with E-state index < -0.39 is 11.9 Å². The van der Waals surface area contributed by atoms with Crippen LogP contribution in [-0.4, -0.2) is 44.6 Å². The summed E-state index contributed by atoms with van der Waals surface area (Å²) in [6.07, 6.45) is 2.19. The summed E-state index contributed by atoms with van der Waals surface area (Å²) in [4.78, 5) is 54.2. The minimum atomic E-state index is -1.02. The van der Waals surface area contributed by atoms with Gasteiger partial charge < -0.3 is 14.5 Å². The van der Waals surface area contributed by atoms with Gasteiger partial charge in [0, 0.05) is 11.8 Å². The van der Waals surface area contributed by atoms with E-state index in [0.29, 0.717) is 0 Å². The van der Waals surface area contributed by atoms with Gasteiger partial charge in [0.25, 0.3) is 0 Å². The number of carboxylic acids is 1. The third kappa shape index (κ3) is 2.34. The van der Waals surface area contributed by atoms with Crippen molar-refractivity contribution in [2.75, 3.05) is 6.54 Å². The van der Waals surface area contributed by atoms with E-state index in [1.54, 1.807) is 18.0 Å². The Labute approximate surface area is 178 Å². The van der Waals surface area contributed by atoms with Crippen molar-refractivity contribution >= 4 is 40.9 Å².